The first-order valence-electron chi connectivity index (χ1n) is 11.2. The van der Waals surface area contributed by atoms with Gasteiger partial charge in [0.1, 0.15) is 17.2 Å². The standard InChI is InChI=1S/C24H37BINO6/c1-21(2,3)30-19(28)18(27-20(29)31-22(4,5)6)13-15-11-12-16(14-17(15)26)25-32-23(7,8)24(9,10)33-25/h11-12,14,18H,13H2,1-10H3,(H,27,29)/t18-/m0/s1. The van der Waals surface area contributed by atoms with Crippen molar-refractivity contribution >= 4 is 47.2 Å². The normalized spacial score (nSPS) is 18.6. The summed E-state index contributed by atoms with van der Waals surface area (Å²) in [4.78, 5) is 25.2. The first-order valence-corrected chi connectivity index (χ1v) is 12.2. The van der Waals surface area contributed by atoms with Crippen LogP contribution in [0.5, 0.6) is 0 Å². The Hall–Kier alpha value is -1.33. The molecule has 1 aromatic carbocycles. The van der Waals surface area contributed by atoms with Gasteiger partial charge in [0.15, 0.2) is 0 Å². The lowest BCUT2D eigenvalue weighted by Gasteiger charge is -2.32. The summed E-state index contributed by atoms with van der Waals surface area (Å²) in [6, 6.07) is 4.95. The molecule has 1 N–H and O–H groups in total. The van der Waals surface area contributed by atoms with Crippen LogP contribution < -0.4 is 10.8 Å². The average molecular weight is 573 g/mol. The number of rotatable bonds is 5. The molecule has 0 saturated carbocycles. The number of benzene rings is 1. The third-order valence-corrected chi connectivity index (χ3v) is 6.41. The van der Waals surface area contributed by atoms with E-state index in [1.807, 2.05) is 45.9 Å². The molecular formula is C24H37BINO6. The first-order chi connectivity index (χ1) is 14.8. The van der Waals surface area contributed by atoms with Gasteiger partial charge in [0, 0.05) is 9.99 Å². The lowest BCUT2D eigenvalue weighted by molar-refractivity contribution is -0.157. The molecule has 0 radical (unpaired) electrons. The maximum Gasteiger partial charge on any atom is 0.494 e. The lowest BCUT2D eigenvalue weighted by atomic mass is 9.78. The highest BCUT2D eigenvalue weighted by molar-refractivity contribution is 14.1. The van der Waals surface area contributed by atoms with E-state index in [4.69, 9.17) is 18.8 Å². The Labute approximate surface area is 211 Å². The van der Waals surface area contributed by atoms with E-state index >= 15 is 0 Å². The summed E-state index contributed by atoms with van der Waals surface area (Å²) in [7, 11) is -0.473. The van der Waals surface area contributed by atoms with Crippen LogP contribution in [0.15, 0.2) is 18.2 Å². The van der Waals surface area contributed by atoms with Crippen molar-refractivity contribution in [3.8, 4) is 0 Å². The van der Waals surface area contributed by atoms with E-state index in [-0.39, 0.29) is 6.42 Å². The fraction of sp³-hybridized carbons (Fsp3) is 0.667. The Kier molecular flexibility index (Phi) is 8.24. The van der Waals surface area contributed by atoms with Gasteiger partial charge in [-0.15, -0.1) is 0 Å². The van der Waals surface area contributed by atoms with Gasteiger partial charge in [0.05, 0.1) is 11.2 Å². The predicted molar refractivity (Wildman–Crippen MR) is 138 cm³/mol. The van der Waals surface area contributed by atoms with E-state index in [0.717, 1.165) is 14.6 Å². The Morgan fingerprint density at radius 3 is 1.97 bits per heavy atom. The highest BCUT2D eigenvalue weighted by Gasteiger charge is 2.51. The summed E-state index contributed by atoms with van der Waals surface area (Å²) in [5.41, 5.74) is -0.430. The molecule has 1 aliphatic heterocycles. The summed E-state index contributed by atoms with van der Waals surface area (Å²) in [5, 5.41) is 2.67. The summed E-state index contributed by atoms with van der Waals surface area (Å²) in [5.74, 6) is -0.515. The topological polar surface area (TPSA) is 83.1 Å². The van der Waals surface area contributed by atoms with E-state index in [2.05, 4.69) is 27.9 Å². The minimum atomic E-state index is -0.893. The molecule has 33 heavy (non-hydrogen) atoms. The number of carbonyl (C=O) groups excluding carboxylic acids is 2. The smallest absolute Gasteiger partial charge is 0.458 e. The highest BCUT2D eigenvalue weighted by atomic mass is 127. The van der Waals surface area contributed by atoms with Crippen molar-refractivity contribution in [2.75, 3.05) is 0 Å². The van der Waals surface area contributed by atoms with Gasteiger partial charge in [-0.1, -0.05) is 12.1 Å². The molecule has 0 spiro atoms. The van der Waals surface area contributed by atoms with Crippen molar-refractivity contribution in [2.45, 2.75) is 104 Å². The summed E-state index contributed by atoms with van der Waals surface area (Å²) in [6.45, 7) is 18.7. The second-order valence-corrected chi connectivity index (χ2v) is 12.5. The second-order valence-electron chi connectivity index (χ2n) is 11.4. The predicted octanol–water partition coefficient (Wildman–Crippen LogP) is 4.37. The zero-order valence-electron chi connectivity index (χ0n) is 21.4. The van der Waals surface area contributed by atoms with Gasteiger partial charge in [-0.3, -0.25) is 0 Å². The van der Waals surface area contributed by atoms with Crippen molar-refractivity contribution in [3.63, 3.8) is 0 Å². The van der Waals surface area contributed by atoms with Crippen LogP contribution in [0.2, 0.25) is 0 Å². The van der Waals surface area contributed by atoms with Crippen LogP contribution >= 0.6 is 22.6 Å². The van der Waals surface area contributed by atoms with Gasteiger partial charge in [-0.05, 0) is 109 Å². The fourth-order valence-corrected chi connectivity index (χ4v) is 3.85. The highest BCUT2D eigenvalue weighted by Crippen LogP contribution is 2.36. The van der Waals surface area contributed by atoms with Crippen LogP contribution in [-0.4, -0.2) is 47.6 Å². The molecule has 1 aromatic rings. The maximum absolute atomic E-state index is 12.9. The number of amides is 1. The number of ether oxygens (including phenoxy) is 2. The lowest BCUT2D eigenvalue weighted by Crippen LogP contribution is -2.47. The molecule has 1 fully saturated rings. The molecule has 184 valence electrons. The molecule has 1 amide bonds. The summed E-state index contributed by atoms with van der Waals surface area (Å²) < 4.78 is 24.1. The van der Waals surface area contributed by atoms with Crippen molar-refractivity contribution < 1.29 is 28.4 Å². The molecule has 1 atom stereocenters. The average Bonchev–Trinajstić information content (AvgIpc) is 2.80. The SMILES string of the molecule is CC(C)(C)OC(=O)N[C@@H](Cc1ccc(B2OC(C)(C)C(C)(C)O2)cc1I)C(=O)OC(C)(C)C. The quantitative estimate of drug-likeness (QED) is 0.320. The third-order valence-electron chi connectivity index (χ3n) is 5.41. The fourth-order valence-electron chi connectivity index (χ4n) is 3.09. The Morgan fingerprint density at radius 1 is 1.00 bits per heavy atom. The van der Waals surface area contributed by atoms with Crippen molar-refractivity contribution in [3.05, 3.63) is 27.3 Å². The van der Waals surface area contributed by atoms with E-state index in [9.17, 15) is 9.59 Å². The van der Waals surface area contributed by atoms with Crippen molar-refractivity contribution in [2.24, 2.45) is 0 Å². The van der Waals surface area contributed by atoms with E-state index in [0.29, 0.717) is 0 Å². The number of esters is 1. The van der Waals surface area contributed by atoms with Crippen LogP contribution in [0.3, 0.4) is 0 Å². The number of hydrogen-bond donors (Lipinski definition) is 1. The molecule has 9 heteroatoms. The van der Waals surface area contributed by atoms with E-state index in [1.54, 1.807) is 41.5 Å². The van der Waals surface area contributed by atoms with Gasteiger partial charge in [-0.25, -0.2) is 9.59 Å². The molecule has 0 aromatic heterocycles. The maximum atomic E-state index is 12.9. The van der Waals surface area contributed by atoms with Crippen LogP contribution in [0.4, 0.5) is 4.79 Å². The molecule has 1 aliphatic rings. The van der Waals surface area contributed by atoms with Crippen LogP contribution in [0.1, 0.15) is 74.8 Å². The zero-order chi connectivity index (χ0) is 25.4. The van der Waals surface area contributed by atoms with Gasteiger partial charge in [-0.2, -0.15) is 0 Å². The number of halogens is 1. The van der Waals surface area contributed by atoms with Gasteiger partial charge < -0.3 is 24.1 Å². The van der Waals surface area contributed by atoms with Gasteiger partial charge in [0.2, 0.25) is 0 Å². The van der Waals surface area contributed by atoms with Gasteiger partial charge in [0.25, 0.3) is 0 Å². The van der Waals surface area contributed by atoms with E-state index < -0.39 is 47.6 Å². The molecule has 2 rings (SSSR count). The third kappa shape index (κ3) is 7.85. The van der Waals surface area contributed by atoms with Crippen LogP contribution in [-0.2, 0) is 30.0 Å². The molecule has 0 bridgehead atoms. The van der Waals surface area contributed by atoms with Gasteiger partial charge >= 0.3 is 19.2 Å². The first kappa shape index (κ1) is 27.9. The van der Waals surface area contributed by atoms with Crippen LogP contribution in [0.25, 0.3) is 0 Å². The Bertz CT molecular complexity index is 872. The number of carbonyl (C=O) groups is 2. The Morgan fingerprint density at radius 2 is 1.52 bits per heavy atom. The largest absolute Gasteiger partial charge is 0.494 e. The van der Waals surface area contributed by atoms with Crippen molar-refractivity contribution in [1.29, 1.82) is 0 Å². The Balaban J connectivity index is 2.23. The molecule has 0 unspecified atom stereocenters. The minimum Gasteiger partial charge on any atom is -0.458 e. The molecule has 1 saturated heterocycles. The molecular weight excluding hydrogens is 536 g/mol. The summed E-state index contributed by atoms with van der Waals surface area (Å²) in [6.07, 6.45) is -0.405. The molecule has 0 aliphatic carbocycles. The number of nitrogens with one attached hydrogen (secondary N) is 1. The molecule has 1 heterocycles. The van der Waals surface area contributed by atoms with Crippen LogP contribution in [0, 0.1) is 3.57 Å². The number of alkyl carbamates (subject to hydrolysis) is 1. The molecule has 7 nitrogen and oxygen atoms in total. The van der Waals surface area contributed by atoms with Crippen molar-refractivity contribution in [1.82, 2.24) is 5.32 Å². The number of hydrogen-bond acceptors (Lipinski definition) is 6. The monoisotopic (exact) mass is 573 g/mol. The summed E-state index contributed by atoms with van der Waals surface area (Å²) >= 11 is 2.22. The second kappa shape index (κ2) is 9.74. The zero-order valence-corrected chi connectivity index (χ0v) is 23.6. The van der Waals surface area contributed by atoms with E-state index in [1.165, 1.54) is 0 Å². The minimum absolute atomic E-state index is 0.260.